The predicted molar refractivity (Wildman–Crippen MR) is 61.7 cm³/mol. The van der Waals surface area contributed by atoms with E-state index in [4.69, 9.17) is 10.00 Å². The molecular weight excluding hydrogens is 242 g/mol. The molecule has 2 unspecified atom stereocenters. The Labute approximate surface area is 101 Å². The van der Waals surface area contributed by atoms with Crippen LogP contribution in [0.5, 0.6) is 0 Å². The Morgan fingerprint density at radius 3 is 2.65 bits per heavy atom. The molecule has 1 fully saturated rings. The lowest BCUT2D eigenvalue weighted by Crippen LogP contribution is -2.35. The summed E-state index contributed by atoms with van der Waals surface area (Å²) >= 11 is 0. The van der Waals surface area contributed by atoms with Crippen molar-refractivity contribution in [3.8, 4) is 6.07 Å². The highest BCUT2D eigenvalue weighted by atomic mass is 32.2. The molecular formula is C11H15NO4S. The van der Waals surface area contributed by atoms with E-state index in [1.165, 1.54) is 0 Å². The lowest BCUT2D eigenvalue weighted by atomic mass is 10.0. The molecule has 2 atom stereocenters. The number of ether oxygens (including phenoxy) is 1. The lowest BCUT2D eigenvalue weighted by Gasteiger charge is -2.19. The summed E-state index contributed by atoms with van der Waals surface area (Å²) in [5.74, 6) is -1.05. The van der Waals surface area contributed by atoms with Crippen LogP contribution in [0.15, 0.2) is 12.2 Å². The Bertz CT molecular complexity index is 488. The molecule has 0 bridgehead atoms. The van der Waals surface area contributed by atoms with Crippen molar-refractivity contribution >= 4 is 15.8 Å². The Balaban J connectivity index is 3.06. The van der Waals surface area contributed by atoms with Crippen molar-refractivity contribution in [1.29, 1.82) is 5.26 Å². The zero-order valence-electron chi connectivity index (χ0n) is 9.89. The van der Waals surface area contributed by atoms with E-state index in [0.29, 0.717) is 0 Å². The standard InChI is InChI=1S/C11H15NO4S/c1-4-16-10(13)9-5-8(2)11(6-9,7-12)17(3,14)15/h9H,2,4-6H2,1,3H3. The summed E-state index contributed by atoms with van der Waals surface area (Å²) in [6.45, 7) is 5.54. The number of esters is 1. The minimum absolute atomic E-state index is 0.0556. The molecule has 6 heteroatoms. The summed E-state index contributed by atoms with van der Waals surface area (Å²) in [7, 11) is -3.61. The average molecular weight is 257 g/mol. The monoisotopic (exact) mass is 257 g/mol. The maximum atomic E-state index is 11.7. The van der Waals surface area contributed by atoms with Gasteiger partial charge in [0.2, 0.25) is 0 Å². The summed E-state index contributed by atoms with van der Waals surface area (Å²) in [6, 6.07) is 1.80. The minimum atomic E-state index is -3.61. The van der Waals surface area contributed by atoms with Crippen molar-refractivity contribution in [3.63, 3.8) is 0 Å². The number of nitriles is 1. The SMILES string of the molecule is C=C1CC(C(=O)OCC)CC1(C#N)S(C)(=O)=O. The van der Waals surface area contributed by atoms with Crippen molar-refractivity contribution < 1.29 is 17.9 Å². The fourth-order valence-electron chi connectivity index (χ4n) is 2.07. The first-order valence-corrected chi connectivity index (χ1v) is 7.13. The molecule has 1 aliphatic rings. The van der Waals surface area contributed by atoms with E-state index in [2.05, 4.69) is 6.58 Å². The summed E-state index contributed by atoms with van der Waals surface area (Å²) < 4.78 is 26.6. The van der Waals surface area contributed by atoms with Crippen LogP contribution in [0, 0.1) is 17.2 Å². The highest BCUT2D eigenvalue weighted by Crippen LogP contribution is 2.43. The lowest BCUT2D eigenvalue weighted by molar-refractivity contribution is -0.147. The number of sulfone groups is 1. The Morgan fingerprint density at radius 1 is 1.71 bits per heavy atom. The van der Waals surface area contributed by atoms with Crippen molar-refractivity contribution in [2.24, 2.45) is 5.92 Å². The second-order valence-corrected chi connectivity index (χ2v) is 6.41. The number of hydrogen-bond donors (Lipinski definition) is 0. The van der Waals surface area contributed by atoms with Gasteiger partial charge in [0.15, 0.2) is 14.6 Å². The van der Waals surface area contributed by atoms with Crippen molar-refractivity contribution in [2.45, 2.75) is 24.5 Å². The molecule has 0 saturated heterocycles. The van der Waals surface area contributed by atoms with Crippen LogP contribution in [-0.4, -0.2) is 32.0 Å². The summed E-state index contributed by atoms with van der Waals surface area (Å²) in [6.07, 6.45) is 1.13. The quantitative estimate of drug-likeness (QED) is 0.552. The van der Waals surface area contributed by atoms with Crippen LogP contribution in [0.4, 0.5) is 0 Å². The zero-order chi connectivity index (χ0) is 13.3. The van der Waals surface area contributed by atoms with Gasteiger partial charge in [-0.15, -0.1) is 0 Å². The van der Waals surface area contributed by atoms with E-state index in [9.17, 15) is 13.2 Å². The molecule has 0 aromatic carbocycles. The number of hydrogen-bond acceptors (Lipinski definition) is 5. The van der Waals surface area contributed by atoms with Crippen LogP contribution in [0.2, 0.25) is 0 Å². The second kappa shape index (κ2) is 4.49. The highest BCUT2D eigenvalue weighted by Gasteiger charge is 2.52. The maximum Gasteiger partial charge on any atom is 0.309 e. The molecule has 0 spiro atoms. The van der Waals surface area contributed by atoms with Crippen LogP contribution < -0.4 is 0 Å². The number of carbonyl (C=O) groups excluding carboxylic acids is 1. The van der Waals surface area contributed by atoms with Crippen LogP contribution in [-0.2, 0) is 19.4 Å². The Kier molecular flexibility index (Phi) is 3.62. The maximum absolute atomic E-state index is 11.7. The van der Waals surface area contributed by atoms with Crippen LogP contribution in [0.25, 0.3) is 0 Å². The molecule has 0 aliphatic heterocycles. The van der Waals surface area contributed by atoms with E-state index in [-0.39, 0.29) is 25.0 Å². The van der Waals surface area contributed by atoms with Crippen molar-refractivity contribution in [2.75, 3.05) is 12.9 Å². The highest BCUT2D eigenvalue weighted by molar-refractivity contribution is 7.92. The van der Waals surface area contributed by atoms with E-state index < -0.39 is 26.5 Å². The molecule has 1 saturated carbocycles. The summed E-state index contributed by atoms with van der Waals surface area (Å²) in [5, 5.41) is 9.11. The van der Waals surface area contributed by atoms with Gasteiger partial charge in [-0.2, -0.15) is 5.26 Å². The molecule has 0 N–H and O–H groups in total. The van der Waals surface area contributed by atoms with Gasteiger partial charge in [-0.1, -0.05) is 6.58 Å². The fourth-order valence-corrected chi connectivity index (χ4v) is 3.35. The molecule has 1 rings (SSSR count). The van der Waals surface area contributed by atoms with E-state index in [1.807, 2.05) is 0 Å². The molecule has 17 heavy (non-hydrogen) atoms. The summed E-state index contributed by atoms with van der Waals surface area (Å²) in [4.78, 5) is 11.6. The van der Waals surface area contributed by atoms with E-state index in [0.717, 1.165) is 6.26 Å². The molecule has 0 heterocycles. The van der Waals surface area contributed by atoms with Gasteiger partial charge >= 0.3 is 5.97 Å². The first-order valence-electron chi connectivity index (χ1n) is 5.24. The van der Waals surface area contributed by atoms with Crippen molar-refractivity contribution in [3.05, 3.63) is 12.2 Å². The van der Waals surface area contributed by atoms with Gasteiger partial charge in [-0.05, 0) is 25.3 Å². The third kappa shape index (κ3) is 2.20. The molecule has 94 valence electrons. The van der Waals surface area contributed by atoms with Gasteiger partial charge in [-0.3, -0.25) is 4.79 Å². The third-order valence-corrected chi connectivity index (χ3v) is 4.84. The first kappa shape index (κ1) is 13.7. The average Bonchev–Trinajstić information content (AvgIpc) is 2.56. The van der Waals surface area contributed by atoms with Gasteiger partial charge < -0.3 is 4.74 Å². The van der Waals surface area contributed by atoms with Crippen LogP contribution in [0.1, 0.15) is 19.8 Å². The Hall–Kier alpha value is -1.35. The van der Waals surface area contributed by atoms with E-state index in [1.54, 1.807) is 13.0 Å². The van der Waals surface area contributed by atoms with Crippen LogP contribution in [0.3, 0.4) is 0 Å². The molecule has 1 aliphatic carbocycles. The first-order chi connectivity index (χ1) is 7.78. The number of nitrogens with zero attached hydrogens (tertiary/aromatic N) is 1. The smallest absolute Gasteiger partial charge is 0.309 e. The molecule has 0 amide bonds. The zero-order valence-corrected chi connectivity index (χ0v) is 10.7. The number of rotatable bonds is 3. The van der Waals surface area contributed by atoms with Gasteiger partial charge in [-0.25, -0.2) is 8.42 Å². The Morgan fingerprint density at radius 2 is 2.29 bits per heavy atom. The topological polar surface area (TPSA) is 84.2 Å². The summed E-state index contributed by atoms with van der Waals surface area (Å²) in [5.41, 5.74) is 0.278. The van der Waals surface area contributed by atoms with Gasteiger partial charge in [0.1, 0.15) is 0 Å². The molecule has 5 nitrogen and oxygen atoms in total. The van der Waals surface area contributed by atoms with Gasteiger partial charge in [0, 0.05) is 6.26 Å². The molecule has 0 aromatic heterocycles. The molecule has 0 aromatic rings. The minimum Gasteiger partial charge on any atom is -0.466 e. The third-order valence-electron chi connectivity index (χ3n) is 3.03. The second-order valence-electron chi connectivity index (χ2n) is 4.17. The van der Waals surface area contributed by atoms with Crippen LogP contribution >= 0.6 is 0 Å². The number of carbonyl (C=O) groups is 1. The normalized spacial score (nSPS) is 28.8. The van der Waals surface area contributed by atoms with Gasteiger partial charge in [0.25, 0.3) is 0 Å². The van der Waals surface area contributed by atoms with Crippen molar-refractivity contribution in [1.82, 2.24) is 0 Å². The molecule has 0 radical (unpaired) electrons. The largest absolute Gasteiger partial charge is 0.466 e. The fraction of sp³-hybridized carbons (Fsp3) is 0.636. The predicted octanol–water partition coefficient (Wildman–Crippen LogP) is 0.823. The van der Waals surface area contributed by atoms with E-state index >= 15 is 0 Å². The van der Waals surface area contributed by atoms with Gasteiger partial charge in [0.05, 0.1) is 18.6 Å².